The molecule has 1 N–H and O–H groups in total. The third-order valence-electron chi connectivity index (χ3n) is 3.60. The second-order valence-electron chi connectivity index (χ2n) is 5.03. The number of rotatable bonds is 4. The van der Waals surface area contributed by atoms with Gasteiger partial charge >= 0.3 is 0 Å². The maximum Gasteiger partial charge on any atom is 0.244 e. The van der Waals surface area contributed by atoms with E-state index < -0.39 is 10.0 Å². The standard InChI is InChI=1S/C14H20N2O4S2/c1-2-21-13-9-11-12(20-8-7-19-11)10-14(13)22(17,18)16-5-3-15-4-6-16/h9-10,15H,2-8H2,1H3. The summed E-state index contributed by atoms with van der Waals surface area (Å²) in [4.78, 5) is 1.05. The summed E-state index contributed by atoms with van der Waals surface area (Å²) < 4.78 is 38.6. The Morgan fingerprint density at radius 3 is 2.45 bits per heavy atom. The van der Waals surface area contributed by atoms with E-state index in [1.54, 1.807) is 12.1 Å². The Labute approximate surface area is 135 Å². The van der Waals surface area contributed by atoms with Gasteiger partial charge in [0, 0.05) is 37.1 Å². The Balaban J connectivity index is 2.03. The fraction of sp³-hybridized carbons (Fsp3) is 0.571. The van der Waals surface area contributed by atoms with Gasteiger partial charge in [0.1, 0.15) is 13.2 Å². The normalized spacial score (nSPS) is 19.1. The van der Waals surface area contributed by atoms with Crippen molar-refractivity contribution >= 4 is 21.8 Å². The van der Waals surface area contributed by atoms with E-state index in [9.17, 15) is 8.42 Å². The molecule has 0 amide bonds. The number of hydrogen-bond donors (Lipinski definition) is 1. The Morgan fingerprint density at radius 2 is 1.82 bits per heavy atom. The van der Waals surface area contributed by atoms with Crippen molar-refractivity contribution in [3.63, 3.8) is 0 Å². The number of thioether (sulfide) groups is 1. The third-order valence-corrected chi connectivity index (χ3v) is 6.61. The molecule has 122 valence electrons. The lowest BCUT2D eigenvalue weighted by molar-refractivity contribution is 0.170. The largest absolute Gasteiger partial charge is 0.486 e. The molecule has 0 unspecified atom stereocenters. The summed E-state index contributed by atoms with van der Waals surface area (Å²) in [6.45, 7) is 5.29. The van der Waals surface area contributed by atoms with Crippen LogP contribution < -0.4 is 14.8 Å². The molecule has 0 spiro atoms. The van der Waals surface area contributed by atoms with E-state index in [1.165, 1.54) is 16.1 Å². The zero-order chi connectivity index (χ0) is 15.6. The van der Waals surface area contributed by atoms with Gasteiger partial charge in [0.25, 0.3) is 0 Å². The average Bonchev–Trinajstić information content (AvgIpc) is 2.55. The maximum atomic E-state index is 13.0. The Bertz CT molecular complexity index is 642. The van der Waals surface area contributed by atoms with Gasteiger partial charge in [0.15, 0.2) is 11.5 Å². The molecule has 6 nitrogen and oxygen atoms in total. The van der Waals surface area contributed by atoms with Gasteiger partial charge in [-0.2, -0.15) is 4.31 Å². The summed E-state index contributed by atoms with van der Waals surface area (Å²) >= 11 is 1.51. The van der Waals surface area contributed by atoms with Gasteiger partial charge in [-0.25, -0.2) is 8.42 Å². The molecule has 0 radical (unpaired) electrons. The van der Waals surface area contributed by atoms with Crippen LogP contribution in [0.15, 0.2) is 21.9 Å². The smallest absolute Gasteiger partial charge is 0.244 e. The molecule has 0 aliphatic carbocycles. The SMILES string of the molecule is CCSc1cc2c(cc1S(=O)(=O)N1CCNCC1)OCCO2. The predicted molar refractivity (Wildman–Crippen MR) is 85.5 cm³/mol. The van der Waals surface area contributed by atoms with Gasteiger partial charge in [-0.15, -0.1) is 11.8 Å². The zero-order valence-corrected chi connectivity index (χ0v) is 14.1. The number of piperazine rings is 1. The topological polar surface area (TPSA) is 67.9 Å². The number of fused-ring (bicyclic) bond motifs is 1. The Morgan fingerprint density at radius 1 is 1.18 bits per heavy atom. The zero-order valence-electron chi connectivity index (χ0n) is 12.5. The maximum absolute atomic E-state index is 13.0. The van der Waals surface area contributed by atoms with Gasteiger partial charge in [-0.1, -0.05) is 6.92 Å². The van der Waals surface area contributed by atoms with E-state index >= 15 is 0 Å². The second kappa shape index (κ2) is 6.66. The molecule has 1 saturated heterocycles. The van der Waals surface area contributed by atoms with Crippen molar-refractivity contribution in [2.75, 3.05) is 45.1 Å². The van der Waals surface area contributed by atoms with E-state index in [1.807, 2.05) is 6.92 Å². The number of nitrogens with one attached hydrogen (secondary N) is 1. The van der Waals surface area contributed by atoms with E-state index in [4.69, 9.17) is 9.47 Å². The van der Waals surface area contributed by atoms with Crippen molar-refractivity contribution in [1.29, 1.82) is 0 Å². The lowest BCUT2D eigenvalue weighted by atomic mass is 10.3. The van der Waals surface area contributed by atoms with Crippen LogP contribution in [0.4, 0.5) is 0 Å². The van der Waals surface area contributed by atoms with Crippen LogP contribution in [0.25, 0.3) is 0 Å². The van der Waals surface area contributed by atoms with Crippen molar-refractivity contribution in [2.45, 2.75) is 16.7 Å². The first-order valence-corrected chi connectivity index (χ1v) is 9.83. The van der Waals surface area contributed by atoms with Crippen LogP contribution in [0.3, 0.4) is 0 Å². The predicted octanol–water partition coefficient (Wildman–Crippen LogP) is 1.16. The monoisotopic (exact) mass is 344 g/mol. The van der Waals surface area contributed by atoms with Gasteiger partial charge in [0.2, 0.25) is 10.0 Å². The number of nitrogens with zero attached hydrogens (tertiary/aromatic N) is 1. The molecule has 8 heteroatoms. The average molecular weight is 344 g/mol. The molecule has 1 aromatic rings. The summed E-state index contributed by atoms with van der Waals surface area (Å²) in [5, 5.41) is 3.17. The molecule has 22 heavy (non-hydrogen) atoms. The first-order valence-electron chi connectivity index (χ1n) is 7.40. The molecule has 0 saturated carbocycles. The van der Waals surface area contributed by atoms with Gasteiger partial charge < -0.3 is 14.8 Å². The van der Waals surface area contributed by atoms with Crippen LogP contribution >= 0.6 is 11.8 Å². The summed E-state index contributed by atoms with van der Waals surface area (Å²) in [5.41, 5.74) is 0. The lowest BCUT2D eigenvalue weighted by Gasteiger charge is -2.28. The molecule has 0 bridgehead atoms. The molecule has 1 fully saturated rings. The minimum atomic E-state index is -3.51. The molecule has 0 aromatic heterocycles. The van der Waals surface area contributed by atoms with E-state index in [2.05, 4.69) is 5.32 Å². The minimum absolute atomic E-state index is 0.325. The summed E-state index contributed by atoms with van der Waals surface area (Å²) in [7, 11) is -3.51. The summed E-state index contributed by atoms with van der Waals surface area (Å²) in [5.74, 6) is 1.94. The fourth-order valence-electron chi connectivity index (χ4n) is 2.55. The number of benzene rings is 1. The molecular formula is C14H20N2O4S2. The van der Waals surface area contributed by atoms with Crippen molar-refractivity contribution in [3.8, 4) is 11.5 Å². The van der Waals surface area contributed by atoms with Crippen molar-refractivity contribution < 1.29 is 17.9 Å². The van der Waals surface area contributed by atoms with Crippen LogP contribution in [0.2, 0.25) is 0 Å². The highest BCUT2D eigenvalue weighted by Crippen LogP contribution is 2.40. The quantitative estimate of drug-likeness (QED) is 0.827. The Kier molecular flexibility index (Phi) is 4.82. The van der Waals surface area contributed by atoms with E-state index in [0.29, 0.717) is 55.8 Å². The van der Waals surface area contributed by atoms with Crippen molar-refractivity contribution in [1.82, 2.24) is 9.62 Å². The van der Waals surface area contributed by atoms with Gasteiger partial charge in [-0.05, 0) is 11.8 Å². The van der Waals surface area contributed by atoms with Crippen LogP contribution in [0, 0.1) is 0 Å². The van der Waals surface area contributed by atoms with E-state index in [0.717, 1.165) is 10.6 Å². The molecule has 2 aliphatic heterocycles. The number of sulfonamides is 1. The van der Waals surface area contributed by atoms with Crippen molar-refractivity contribution in [3.05, 3.63) is 12.1 Å². The minimum Gasteiger partial charge on any atom is -0.486 e. The molecule has 0 atom stereocenters. The molecule has 2 aliphatic rings. The number of ether oxygens (including phenoxy) is 2. The fourth-order valence-corrected chi connectivity index (χ4v) is 5.25. The van der Waals surface area contributed by atoms with Gasteiger partial charge in [-0.3, -0.25) is 0 Å². The van der Waals surface area contributed by atoms with Crippen LogP contribution in [-0.2, 0) is 10.0 Å². The van der Waals surface area contributed by atoms with Crippen molar-refractivity contribution in [2.24, 2.45) is 0 Å². The summed E-state index contributed by atoms with van der Waals surface area (Å²) in [6, 6.07) is 3.40. The molecule has 1 aromatic carbocycles. The molecular weight excluding hydrogens is 324 g/mol. The third kappa shape index (κ3) is 3.05. The molecule has 3 rings (SSSR count). The van der Waals surface area contributed by atoms with Crippen LogP contribution in [0.1, 0.15) is 6.92 Å². The highest BCUT2D eigenvalue weighted by Gasteiger charge is 2.30. The Hall–Kier alpha value is -0.960. The lowest BCUT2D eigenvalue weighted by Crippen LogP contribution is -2.46. The van der Waals surface area contributed by atoms with E-state index in [-0.39, 0.29) is 0 Å². The van der Waals surface area contributed by atoms with Gasteiger partial charge in [0.05, 0.1) is 4.90 Å². The second-order valence-corrected chi connectivity index (χ2v) is 8.24. The molecule has 2 heterocycles. The first-order chi connectivity index (χ1) is 10.6. The highest BCUT2D eigenvalue weighted by atomic mass is 32.2. The first kappa shape index (κ1) is 15.9. The summed E-state index contributed by atoms with van der Waals surface area (Å²) in [6.07, 6.45) is 0. The highest BCUT2D eigenvalue weighted by molar-refractivity contribution is 8.00. The van der Waals surface area contributed by atoms with Crippen LogP contribution in [0.5, 0.6) is 11.5 Å². The number of hydrogen-bond acceptors (Lipinski definition) is 6. The van der Waals surface area contributed by atoms with Crippen LogP contribution in [-0.4, -0.2) is 57.9 Å².